The van der Waals surface area contributed by atoms with Crippen LogP contribution >= 0.6 is 0 Å². The molecule has 0 aromatic carbocycles. The van der Waals surface area contributed by atoms with Crippen LogP contribution in [0.1, 0.15) is 104 Å². The first kappa shape index (κ1) is 33.3. The maximum atomic E-state index is 5.83. The van der Waals surface area contributed by atoms with Gasteiger partial charge >= 0.3 is 0 Å². The van der Waals surface area contributed by atoms with Crippen molar-refractivity contribution in [2.45, 2.75) is 116 Å². The molecule has 0 radical (unpaired) electrons. The van der Waals surface area contributed by atoms with E-state index in [9.17, 15) is 0 Å². The summed E-state index contributed by atoms with van der Waals surface area (Å²) in [5.74, 6) is 0. The Hall–Kier alpha value is -1.68. The molecule has 0 bridgehead atoms. The molecular weight excluding hydrogens is 432 g/mol. The molecule has 0 aromatic rings. The van der Waals surface area contributed by atoms with Crippen LogP contribution in [-0.2, 0) is 14.2 Å². The van der Waals surface area contributed by atoms with E-state index in [-0.39, 0.29) is 0 Å². The van der Waals surface area contributed by atoms with E-state index in [1.807, 2.05) is 48.6 Å². The van der Waals surface area contributed by atoms with Crippen LogP contribution in [-0.4, -0.2) is 26.8 Å². The van der Waals surface area contributed by atoms with E-state index in [1.165, 1.54) is 77.0 Å². The SMILES string of the molecule is CCCCCCCCC=CC=CC=CC(OC)OC(C=CC=CC=CCCCCCCCC)OC. The maximum Gasteiger partial charge on any atom is 0.180 e. The Kier molecular flexibility index (Phi) is 27.2. The topological polar surface area (TPSA) is 27.7 Å². The van der Waals surface area contributed by atoms with E-state index in [0.29, 0.717) is 0 Å². The molecule has 0 fully saturated rings. The Morgan fingerprint density at radius 3 is 1.23 bits per heavy atom. The molecule has 3 heteroatoms. The lowest BCUT2D eigenvalue weighted by Crippen LogP contribution is -2.22. The molecule has 0 aliphatic heterocycles. The van der Waals surface area contributed by atoms with Crippen molar-refractivity contribution in [1.29, 1.82) is 0 Å². The third-order valence-corrected chi connectivity index (χ3v) is 5.66. The Labute approximate surface area is 217 Å². The van der Waals surface area contributed by atoms with Gasteiger partial charge in [0.05, 0.1) is 0 Å². The summed E-state index contributed by atoms with van der Waals surface area (Å²) in [5, 5.41) is 0. The third kappa shape index (κ3) is 25.2. The number of allylic oxidation sites excluding steroid dienone is 10. The zero-order valence-electron chi connectivity index (χ0n) is 23.2. The molecule has 0 aromatic heterocycles. The van der Waals surface area contributed by atoms with Crippen molar-refractivity contribution < 1.29 is 14.2 Å². The van der Waals surface area contributed by atoms with Gasteiger partial charge < -0.3 is 14.2 Å². The molecule has 0 N–H and O–H groups in total. The highest BCUT2D eigenvalue weighted by atomic mass is 16.8. The molecule has 0 saturated heterocycles. The minimum absolute atomic E-state index is 0.470. The highest BCUT2D eigenvalue weighted by Gasteiger charge is 2.09. The van der Waals surface area contributed by atoms with E-state index >= 15 is 0 Å². The molecule has 0 amide bonds. The first-order valence-corrected chi connectivity index (χ1v) is 14.0. The summed E-state index contributed by atoms with van der Waals surface area (Å²) < 4.78 is 16.6. The van der Waals surface area contributed by atoms with Crippen LogP contribution in [0.4, 0.5) is 0 Å². The molecule has 0 aliphatic carbocycles. The van der Waals surface area contributed by atoms with Crippen LogP contribution in [0.5, 0.6) is 0 Å². The average Bonchev–Trinajstić information content (AvgIpc) is 2.88. The fourth-order valence-corrected chi connectivity index (χ4v) is 3.49. The fourth-order valence-electron chi connectivity index (χ4n) is 3.49. The lowest BCUT2D eigenvalue weighted by atomic mass is 10.1. The fraction of sp³-hybridized carbons (Fsp3) is 0.625. The summed E-state index contributed by atoms with van der Waals surface area (Å²) in [7, 11) is 3.26. The summed E-state index contributed by atoms with van der Waals surface area (Å²) in [5.41, 5.74) is 0. The average molecular weight is 487 g/mol. The lowest BCUT2D eigenvalue weighted by Gasteiger charge is -2.17. The van der Waals surface area contributed by atoms with Gasteiger partial charge in [-0.1, -0.05) is 139 Å². The van der Waals surface area contributed by atoms with Gasteiger partial charge in [-0.15, -0.1) is 0 Å². The van der Waals surface area contributed by atoms with Gasteiger partial charge in [0.2, 0.25) is 0 Å². The smallest absolute Gasteiger partial charge is 0.180 e. The minimum Gasteiger partial charge on any atom is -0.352 e. The number of rotatable bonds is 24. The number of methoxy groups -OCH3 is 2. The molecule has 35 heavy (non-hydrogen) atoms. The second kappa shape index (κ2) is 28.6. The summed E-state index contributed by atoms with van der Waals surface area (Å²) in [6.07, 6.45) is 41.8. The molecule has 0 heterocycles. The molecule has 0 aliphatic rings. The van der Waals surface area contributed by atoms with Crippen molar-refractivity contribution >= 4 is 0 Å². The molecule has 0 spiro atoms. The zero-order valence-corrected chi connectivity index (χ0v) is 23.2. The van der Waals surface area contributed by atoms with Gasteiger partial charge in [0.1, 0.15) is 0 Å². The zero-order chi connectivity index (χ0) is 25.7. The van der Waals surface area contributed by atoms with Gasteiger partial charge in [-0.25, -0.2) is 0 Å². The Bertz CT molecular complexity index is 546. The van der Waals surface area contributed by atoms with Crippen molar-refractivity contribution in [3.63, 3.8) is 0 Å². The molecule has 2 atom stereocenters. The predicted octanol–water partition coefficient (Wildman–Crippen LogP) is 9.79. The first-order chi connectivity index (χ1) is 17.3. The van der Waals surface area contributed by atoms with E-state index in [1.54, 1.807) is 14.2 Å². The molecular formula is C32H54O3. The summed E-state index contributed by atoms with van der Waals surface area (Å²) in [6, 6.07) is 0. The van der Waals surface area contributed by atoms with E-state index < -0.39 is 12.6 Å². The van der Waals surface area contributed by atoms with Gasteiger partial charge in [-0.05, 0) is 37.8 Å². The first-order valence-electron chi connectivity index (χ1n) is 14.0. The number of hydrogen-bond acceptors (Lipinski definition) is 3. The highest BCUT2D eigenvalue weighted by Crippen LogP contribution is 2.08. The van der Waals surface area contributed by atoms with Crippen LogP contribution in [0.3, 0.4) is 0 Å². The van der Waals surface area contributed by atoms with Crippen LogP contribution in [0, 0.1) is 0 Å². The van der Waals surface area contributed by atoms with Gasteiger partial charge in [0.15, 0.2) is 12.6 Å². The van der Waals surface area contributed by atoms with Crippen molar-refractivity contribution in [3.8, 4) is 0 Å². The molecule has 0 rings (SSSR count). The van der Waals surface area contributed by atoms with E-state index in [2.05, 4.69) is 38.2 Å². The summed E-state index contributed by atoms with van der Waals surface area (Å²) in [6.45, 7) is 4.52. The summed E-state index contributed by atoms with van der Waals surface area (Å²) in [4.78, 5) is 0. The van der Waals surface area contributed by atoms with Gasteiger partial charge in [-0.2, -0.15) is 0 Å². The predicted molar refractivity (Wildman–Crippen MR) is 154 cm³/mol. The standard InChI is InChI=1S/C32H54O3/c1-5-7-9-11-13-15-17-19-21-23-25-27-29-31(33-3)35-32(34-4)30-28-26-24-22-20-18-16-14-12-10-8-6-2/h19-32H,5-18H2,1-4H3. The second-order valence-electron chi connectivity index (χ2n) is 8.85. The van der Waals surface area contributed by atoms with Crippen LogP contribution in [0.15, 0.2) is 72.9 Å². The molecule has 2 unspecified atom stereocenters. The van der Waals surface area contributed by atoms with E-state index in [4.69, 9.17) is 14.2 Å². The Balaban J connectivity index is 4.09. The third-order valence-electron chi connectivity index (χ3n) is 5.66. The Morgan fingerprint density at radius 2 is 0.829 bits per heavy atom. The molecule has 0 saturated carbocycles. The van der Waals surface area contributed by atoms with Gasteiger partial charge in [-0.3, -0.25) is 0 Å². The van der Waals surface area contributed by atoms with Crippen molar-refractivity contribution in [2.75, 3.05) is 14.2 Å². The van der Waals surface area contributed by atoms with Crippen LogP contribution in [0.25, 0.3) is 0 Å². The summed E-state index contributed by atoms with van der Waals surface area (Å²) >= 11 is 0. The lowest BCUT2D eigenvalue weighted by molar-refractivity contribution is -0.188. The van der Waals surface area contributed by atoms with Gasteiger partial charge in [0, 0.05) is 14.2 Å². The second-order valence-corrected chi connectivity index (χ2v) is 8.85. The monoisotopic (exact) mass is 486 g/mol. The normalized spacial score (nSPS) is 14.7. The van der Waals surface area contributed by atoms with Gasteiger partial charge in [0.25, 0.3) is 0 Å². The van der Waals surface area contributed by atoms with E-state index in [0.717, 1.165) is 12.8 Å². The van der Waals surface area contributed by atoms with Crippen molar-refractivity contribution in [3.05, 3.63) is 72.9 Å². The van der Waals surface area contributed by atoms with Crippen LogP contribution < -0.4 is 0 Å². The highest BCUT2D eigenvalue weighted by molar-refractivity contribution is 5.13. The van der Waals surface area contributed by atoms with Crippen LogP contribution in [0.2, 0.25) is 0 Å². The molecule has 3 nitrogen and oxygen atoms in total. The largest absolute Gasteiger partial charge is 0.352 e. The molecule has 200 valence electrons. The van der Waals surface area contributed by atoms with Crippen molar-refractivity contribution in [1.82, 2.24) is 0 Å². The number of unbranched alkanes of at least 4 members (excludes halogenated alkanes) is 12. The minimum atomic E-state index is -0.470. The maximum absolute atomic E-state index is 5.83. The van der Waals surface area contributed by atoms with Crippen molar-refractivity contribution in [2.24, 2.45) is 0 Å². The number of hydrogen-bond donors (Lipinski definition) is 0. The Morgan fingerprint density at radius 1 is 0.457 bits per heavy atom. The quantitative estimate of drug-likeness (QED) is 0.0771. The number of ether oxygens (including phenoxy) is 3.